The van der Waals surface area contributed by atoms with Crippen LogP contribution in [0.15, 0.2) is 12.1 Å². The van der Waals surface area contributed by atoms with Crippen LogP contribution in [0.5, 0.6) is 5.75 Å². The number of phenolic OH excluding ortho intramolecular Hbond substituents is 1. The predicted molar refractivity (Wildman–Crippen MR) is 99.9 cm³/mol. The van der Waals surface area contributed by atoms with Gasteiger partial charge in [-0.3, -0.25) is 9.80 Å². The van der Waals surface area contributed by atoms with E-state index in [1.54, 1.807) is 0 Å². The fraction of sp³-hybridized carbons (Fsp3) is 0.700. The molecule has 2 atom stereocenters. The summed E-state index contributed by atoms with van der Waals surface area (Å²) in [6.45, 7) is 10.7. The van der Waals surface area contributed by atoms with Gasteiger partial charge < -0.3 is 10.8 Å². The number of likely N-dealkylation sites (tertiary alicyclic amines) is 2. The van der Waals surface area contributed by atoms with Gasteiger partial charge in [0.05, 0.1) is 0 Å². The number of nitrogens with two attached hydrogens (primary N) is 1. The second kappa shape index (κ2) is 7.75. The van der Waals surface area contributed by atoms with Crippen molar-refractivity contribution in [1.29, 1.82) is 0 Å². The van der Waals surface area contributed by atoms with Gasteiger partial charge in [-0.05, 0) is 62.7 Å². The van der Waals surface area contributed by atoms with Crippen LogP contribution in [0, 0.1) is 11.8 Å². The van der Waals surface area contributed by atoms with E-state index in [2.05, 4.69) is 23.6 Å². The third-order valence-electron chi connectivity index (χ3n) is 5.56. The number of nitrogens with zero attached hydrogens (tertiary/aromatic N) is 2. The van der Waals surface area contributed by atoms with E-state index >= 15 is 0 Å². The van der Waals surface area contributed by atoms with Crippen LogP contribution in [0.2, 0.25) is 0 Å². The first-order chi connectivity index (χ1) is 11.5. The van der Waals surface area contributed by atoms with Crippen LogP contribution in [-0.2, 0) is 13.1 Å². The van der Waals surface area contributed by atoms with Gasteiger partial charge in [0.15, 0.2) is 0 Å². The van der Waals surface area contributed by atoms with Gasteiger partial charge in [-0.1, -0.05) is 13.8 Å². The zero-order valence-corrected chi connectivity index (χ0v) is 15.3. The van der Waals surface area contributed by atoms with Gasteiger partial charge in [0, 0.05) is 43.0 Å². The zero-order valence-electron chi connectivity index (χ0n) is 15.3. The smallest absolute Gasteiger partial charge is 0.124 e. The van der Waals surface area contributed by atoms with Crippen molar-refractivity contribution in [2.45, 2.75) is 52.6 Å². The summed E-state index contributed by atoms with van der Waals surface area (Å²) >= 11 is 0. The molecule has 0 bridgehead atoms. The lowest BCUT2D eigenvalue weighted by molar-refractivity contribution is 0.171. The molecular formula is C20H33N3O. The molecule has 0 spiro atoms. The Morgan fingerprint density at radius 2 is 1.42 bits per heavy atom. The fourth-order valence-electron chi connectivity index (χ4n) is 4.37. The minimum atomic E-state index is 0.459. The van der Waals surface area contributed by atoms with Crippen molar-refractivity contribution in [1.82, 2.24) is 9.80 Å². The van der Waals surface area contributed by atoms with Gasteiger partial charge >= 0.3 is 0 Å². The maximum Gasteiger partial charge on any atom is 0.124 e. The average molecular weight is 332 g/mol. The molecule has 0 aromatic heterocycles. The SMILES string of the molecule is CC1CCCN(Cc2cc(N)cc(CN3CCCC(C)C3)c2O)C1. The van der Waals surface area contributed by atoms with Crippen molar-refractivity contribution in [3.8, 4) is 5.75 Å². The molecule has 1 aromatic carbocycles. The lowest BCUT2D eigenvalue weighted by atomic mass is 9.98. The molecule has 2 aliphatic rings. The normalized spacial score (nSPS) is 26.6. The Balaban J connectivity index is 1.72. The first kappa shape index (κ1) is 17.6. The first-order valence-electron chi connectivity index (χ1n) is 9.56. The first-order valence-corrected chi connectivity index (χ1v) is 9.56. The van der Waals surface area contributed by atoms with Crippen molar-refractivity contribution in [3.63, 3.8) is 0 Å². The maximum atomic E-state index is 10.8. The highest BCUT2D eigenvalue weighted by molar-refractivity contribution is 5.52. The third kappa shape index (κ3) is 4.42. The molecule has 2 fully saturated rings. The molecule has 4 nitrogen and oxygen atoms in total. The topological polar surface area (TPSA) is 52.7 Å². The molecule has 3 N–H and O–H groups in total. The Kier molecular flexibility index (Phi) is 5.67. The molecule has 3 rings (SSSR count). The number of hydrogen-bond acceptors (Lipinski definition) is 4. The fourth-order valence-corrected chi connectivity index (χ4v) is 4.37. The summed E-state index contributed by atoms with van der Waals surface area (Å²) in [6, 6.07) is 3.91. The number of piperidine rings is 2. The molecular weight excluding hydrogens is 298 g/mol. The lowest BCUT2D eigenvalue weighted by Crippen LogP contribution is -2.34. The molecule has 0 aliphatic carbocycles. The summed E-state index contributed by atoms with van der Waals surface area (Å²) < 4.78 is 0. The molecule has 4 heteroatoms. The number of benzene rings is 1. The molecule has 2 unspecified atom stereocenters. The Labute approximate surface area is 146 Å². The minimum absolute atomic E-state index is 0.459. The summed E-state index contributed by atoms with van der Waals surface area (Å²) in [7, 11) is 0. The summed E-state index contributed by atoms with van der Waals surface area (Å²) in [5.41, 5.74) is 8.90. The van der Waals surface area contributed by atoms with Gasteiger partial charge in [0.2, 0.25) is 0 Å². The van der Waals surface area contributed by atoms with Crippen LogP contribution in [-0.4, -0.2) is 41.1 Å². The maximum absolute atomic E-state index is 10.8. The average Bonchev–Trinajstić information content (AvgIpc) is 2.52. The standard InChI is InChI=1S/C20H33N3O/c1-15-5-3-7-22(11-15)13-17-9-19(21)10-18(20(17)24)14-23-8-4-6-16(2)12-23/h9-10,15-16,24H,3-8,11-14,21H2,1-2H3. The monoisotopic (exact) mass is 331 g/mol. The van der Waals surface area contributed by atoms with E-state index in [0.29, 0.717) is 5.75 Å². The highest BCUT2D eigenvalue weighted by atomic mass is 16.3. The van der Waals surface area contributed by atoms with Crippen LogP contribution in [0.3, 0.4) is 0 Å². The van der Waals surface area contributed by atoms with E-state index in [9.17, 15) is 5.11 Å². The van der Waals surface area contributed by atoms with E-state index in [1.165, 1.54) is 25.7 Å². The largest absolute Gasteiger partial charge is 0.507 e. The van der Waals surface area contributed by atoms with Gasteiger partial charge in [-0.15, -0.1) is 0 Å². The van der Waals surface area contributed by atoms with E-state index in [4.69, 9.17) is 5.73 Å². The number of rotatable bonds is 4. The number of hydrogen-bond donors (Lipinski definition) is 2. The second-order valence-corrected chi connectivity index (χ2v) is 8.15. The summed E-state index contributed by atoms with van der Waals surface area (Å²) in [5.74, 6) is 1.95. The number of nitrogen functional groups attached to an aromatic ring is 1. The highest BCUT2D eigenvalue weighted by Crippen LogP contribution is 2.30. The molecule has 0 radical (unpaired) electrons. The van der Waals surface area contributed by atoms with Crippen LogP contribution in [0.1, 0.15) is 50.7 Å². The molecule has 2 saturated heterocycles. The van der Waals surface area contributed by atoms with E-state index in [0.717, 1.165) is 67.9 Å². The van der Waals surface area contributed by atoms with E-state index < -0.39 is 0 Å². The summed E-state index contributed by atoms with van der Waals surface area (Å²) in [4.78, 5) is 4.91. The zero-order chi connectivity index (χ0) is 17.1. The summed E-state index contributed by atoms with van der Waals surface area (Å²) in [5, 5.41) is 10.8. The van der Waals surface area contributed by atoms with Crippen LogP contribution < -0.4 is 5.73 Å². The van der Waals surface area contributed by atoms with Crippen molar-refractivity contribution in [2.75, 3.05) is 31.9 Å². The molecule has 2 heterocycles. The highest BCUT2D eigenvalue weighted by Gasteiger charge is 2.21. The predicted octanol–water partition coefficient (Wildman–Crippen LogP) is 3.44. The molecule has 0 saturated carbocycles. The molecule has 134 valence electrons. The lowest BCUT2D eigenvalue weighted by Gasteiger charge is -2.32. The van der Waals surface area contributed by atoms with Crippen molar-refractivity contribution in [3.05, 3.63) is 23.3 Å². The van der Waals surface area contributed by atoms with Crippen molar-refractivity contribution < 1.29 is 5.11 Å². The number of anilines is 1. The Morgan fingerprint density at radius 1 is 0.958 bits per heavy atom. The quantitative estimate of drug-likeness (QED) is 0.655. The van der Waals surface area contributed by atoms with E-state index in [1.807, 2.05) is 12.1 Å². The van der Waals surface area contributed by atoms with Crippen LogP contribution >= 0.6 is 0 Å². The van der Waals surface area contributed by atoms with Gasteiger partial charge in [-0.25, -0.2) is 0 Å². The molecule has 2 aliphatic heterocycles. The van der Waals surface area contributed by atoms with Crippen LogP contribution in [0.4, 0.5) is 5.69 Å². The Hall–Kier alpha value is -1.26. The Morgan fingerprint density at radius 3 is 1.83 bits per heavy atom. The second-order valence-electron chi connectivity index (χ2n) is 8.15. The third-order valence-corrected chi connectivity index (χ3v) is 5.56. The van der Waals surface area contributed by atoms with Gasteiger partial charge in [0.25, 0.3) is 0 Å². The van der Waals surface area contributed by atoms with Crippen molar-refractivity contribution >= 4 is 5.69 Å². The number of phenols is 1. The summed E-state index contributed by atoms with van der Waals surface area (Å²) in [6.07, 6.45) is 5.14. The number of aromatic hydroxyl groups is 1. The molecule has 1 aromatic rings. The molecule has 0 amide bonds. The van der Waals surface area contributed by atoms with Gasteiger partial charge in [0.1, 0.15) is 5.75 Å². The van der Waals surface area contributed by atoms with Crippen LogP contribution in [0.25, 0.3) is 0 Å². The van der Waals surface area contributed by atoms with Crippen molar-refractivity contribution in [2.24, 2.45) is 11.8 Å². The van der Waals surface area contributed by atoms with Gasteiger partial charge in [-0.2, -0.15) is 0 Å². The molecule has 24 heavy (non-hydrogen) atoms. The Bertz CT molecular complexity index is 515. The van der Waals surface area contributed by atoms with E-state index in [-0.39, 0.29) is 0 Å². The minimum Gasteiger partial charge on any atom is -0.507 e.